The number of nitrogens with zero attached hydrogens (tertiary/aromatic N) is 1. The zero-order valence-electron chi connectivity index (χ0n) is 10.0. The van der Waals surface area contributed by atoms with Gasteiger partial charge in [0.1, 0.15) is 0 Å². The molecule has 1 fully saturated rings. The molecule has 0 aliphatic carbocycles. The Hall–Kier alpha value is -1.07. The molecule has 5 heteroatoms. The molecule has 1 aromatic carbocycles. The van der Waals surface area contributed by atoms with E-state index in [1.165, 1.54) is 0 Å². The Morgan fingerprint density at radius 3 is 2.29 bits per heavy atom. The van der Waals surface area contributed by atoms with Gasteiger partial charge in [-0.1, -0.05) is 0 Å². The first kappa shape index (κ1) is 12.4. The van der Waals surface area contributed by atoms with Gasteiger partial charge in [0.05, 0.1) is 4.90 Å². The minimum Gasteiger partial charge on any atom is -0.385 e. The van der Waals surface area contributed by atoms with Crippen LogP contribution in [0.25, 0.3) is 0 Å². The zero-order chi connectivity index (χ0) is 12.3. The van der Waals surface area contributed by atoms with E-state index in [2.05, 4.69) is 5.32 Å². The van der Waals surface area contributed by atoms with E-state index in [9.17, 15) is 8.42 Å². The van der Waals surface area contributed by atoms with E-state index in [1.807, 2.05) is 19.1 Å². The van der Waals surface area contributed by atoms with Crippen molar-refractivity contribution in [2.24, 2.45) is 0 Å². The second kappa shape index (κ2) is 5.06. The third-order valence-corrected chi connectivity index (χ3v) is 4.85. The van der Waals surface area contributed by atoms with Gasteiger partial charge in [-0.15, -0.1) is 0 Å². The van der Waals surface area contributed by atoms with Crippen LogP contribution in [0.5, 0.6) is 0 Å². The lowest BCUT2D eigenvalue weighted by molar-refractivity contribution is 0.477. The van der Waals surface area contributed by atoms with Crippen LogP contribution in [0.1, 0.15) is 19.8 Å². The van der Waals surface area contributed by atoms with Crippen LogP contribution < -0.4 is 5.32 Å². The summed E-state index contributed by atoms with van der Waals surface area (Å²) in [6.07, 6.45) is 1.93. The minimum atomic E-state index is -3.26. The zero-order valence-corrected chi connectivity index (χ0v) is 10.8. The molecular formula is C12H18N2O2S. The third-order valence-electron chi connectivity index (χ3n) is 2.94. The van der Waals surface area contributed by atoms with Crippen LogP contribution in [0, 0.1) is 0 Å². The molecule has 0 amide bonds. The Morgan fingerprint density at radius 2 is 1.76 bits per heavy atom. The lowest BCUT2D eigenvalue weighted by Gasteiger charge is -2.15. The number of hydrogen-bond acceptors (Lipinski definition) is 3. The largest absolute Gasteiger partial charge is 0.385 e. The van der Waals surface area contributed by atoms with E-state index >= 15 is 0 Å². The highest BCUT2D eigenvalue weighted by molar-refractivity contribution is 7.89. The van der Waals surface area contributed by atoms with Crippen LogP contribution in [-0.4, -0.2) is 32.4 Å². The van der Waals surface area contributed by atoms with Crippen molar-refractivity contribution in [3.05, 3.63) is 24.3 Å². The van der Waals surface area contributed by atoms with Crippen molar-refractivity contribution in [3.8, 4) is 0 Å². The molecule has 1 saturated heterocycles. The van der Waals surface area contributed by atoms with Gasteiger partial charge in [-0.25, -0.2) is 8.42 Å². The molecule has 4 nitrogen and oxygen atoms in total. The first-order valence-electron chi connectivity index (χ1n) is 5.98. The van der Waals surface area contributed by atoms with Crippen LogP contribution in [-0.2, 0) is 10.0 Å². The van der Waals surface area contributed by atoms with E-state index in [1.54, 1.807) is 16.4 Å². The first-order chi connectivity index (χ1) is 8.14. The van der Waals surface area contributed by atoms with Crippen molar-refractivity contribution in [1.82, 2.24) is 4.31 Å². The van der Waals surface area contributed by atoms with E-state index < -0.39 is 10.0 Å². The topological polar surface area (TPSA) is 49.4 Å². The molecule has 0 unspecified atom stereocenters. The molecule has 0 aromatic heterocycles. The molecule has 0 spiro atoms. The van der Waals surface area contributed by atoms with Crippen molar-refractivity contribution in [2.75, 3.05) is 25.0 Å². The predicted octanol–water partition coefficient (Wildman–Crippen LogP) is 1.90. The number of rotatable bonds is 4. The van der Waals surface area contributed by atoms with Crippen LogP contribution in [0.4, 0.5) is 5.69 Å². The highest BCUT2D eigenvalue weighted by atomic mass is 32.2. The Balaban J connectivity index is 2.21. The lowest BCUT2D eigenvalue weighted by Crippen LogP contribution is -2.27. The molecule has 94 valence electrons. The summed E-state index contributed by atoms with van der Waals surface area (Å²) in [5.74, 6) is 0. The molecule has 1 aliphatic rings. The van der Waals surface area contributed by atoms with Gasteiger partial charge in [0.15, 0.2) is 0 Å². The van der Waals surface area contributed by atoms with Gasteiger partial charge in [0, 0.05) is 25.3 Å². The van der Waals surface area contributed by atoms with Gasteiger partial charge in [-0.05, 0) is 44.0 Å². The summed E-state index contributed by atoms with van der Waals surface area (Å²) in [6, 6.07) is 6.97. The van der Waals surface area contributed by atoms with Gasteiger partial charge >= 0.3 is 0 Å². The molecule has 0 radical (unpaired) electrons. The third kappa shape index (κ3) is 2.61. The normalized spacial score (nSPS) is 17.2. The molecule has 1 aliphatic heterocycles. The molecule has 0 bridgehead atoms. The van der Waals surface area contributed by atoms with Gasteiger partial charge in [0.25, 0.3) is 0 Å². The van der Waals surface area contributed by atoms with Gasteiger partial charge in [0.2, 0.25) is 10.0 Å². The van der Waals surface area contributed by atoms with Crippen molar-refractivity contribution in [1.29, 1.82) is 0 Å². The standard InChI is InChI=1S/C12H18N2O2S/c1-2-13-11-5-7-12(8-6-11)17(15,16)14-9-3-4-10-14/h5-8,13H,2-4,9-10H2,1H3. The van der Waals surface area contributed by atoms with E-state index in [4.69, 9.17) is 0 Å². The van der Waals surface area contributed by atoms with Crippen LogP contribution in [0.3, 0.4) is 0 Å². The van der Waals surface area contributed by atoms with Crippen LogP contribution in [0.15, 0.2) is 29.2 Å². The fourth-order valence-electron chi connectivity index (χ4n) is 2.03. The van der Waals surface area contributed by atoms with Gasteiger partial charge in [-0.2, -0.15) is 4.31 Å². The Kier molecular flexibility index (Phi) is 3.69. The maximum absolute atomic E-state index is 12.2. The highest BCUT2D eigenvalue weighted by Gasteiger charge is 2.26. The average Bonchev–Trinajstić information content (AvgIpc) is 2.84. The molecule has 2 rings (SSSR count). The number of benzene rings is 1. The Morgan fingerprint density at radius 1 is 1.18 bits per heavy atom. The average molecular weight is 254 g/mol. The maximum Gasteiger partial charge on any atom is 0.243 e. The van der Waals surface area contributed by atoms with Gasteiger partial charge in [-0.3, -0.25) is 0 Å². The van der Waals surface area contributed by atoms with E-state index in [0.29, 0.717) is 18.0 Å². The van der Waals surface area contributed by atoms with Crippen molar-refractivity contribution >= 4 is 15.7 Å². The Bertz CT molecular complexity index is 462. The molecule has 1 N–H and O–H groups in total. The molecule has 0 atom stereocenters. The Labute approximate surface area is 103 Å². The summed E-state index contributed by atoms with van der Waals surface area (Å²) >= 11 is 0. The molecular weight excluding hydrogens is 236 g/mol. The predicted molar refractivity (Wildman–Crippen MR) is 68.6 cm³/mol. The van der Waals surface area contributed by atoms with Gasteiger partial charge < -0.3 is 5.32 Å². The first-order valence-corrected chi connectivity index (χ1v) is 7.42. The van der Waals surface area contributed by atoms with Crippen molar-refractivity contribution in [2.45, 2.75) is 24.7 Å². The number of sulfonamides is 1. The van der Waals surface area contributed by atoms with Crippen LogP contribution >= 0.6 is 0 Å². The number of hydrogen-bond donors (Lipinski definition) is 1. The van der Waals surface area contributed by atoms with Crippen molar-refractivity contribution in [3.63, 3.8) is 0 Å². The fraction of sp³-hybridized carbons (Fsp3) is 0.500. The maximum atomic E-state index is 12.2. The fourth-order valence-corrected chi connectivity index (χ4v) is 3.54. The second-order valence-electron chi connectivity index (χ2n) is 4.17. The molecule has 1 aromatic rings. The molecule has 1 heterocycles. The van der Waals surface area contributed by atoms with E-state index in [-0.39, 0.29) is 0 Å². The summed E-state index contributed by atoms with van der Waals surface area (Å²) in [5, 5.41) is 3.15. The van der Waals surface area contributed by atoms with Crippen LogP contribution in [0.2, 0.25) is 0 Å². The number of nitrogens with one attached hydrogen (secondary N) is 1. The lowest BCUT2D eigenvalue weighted by atomic mass is 10.3. The highest BCUT2D eigenvalue weighted by Crippen LogP contribution is 2.21. The smallest absolute Gasteiger partial charge is 0.243 e. The minimum absolute atomic E-state index is 0.390. The second-order valence-corrected chi connectivity index (χ2v) is 6.10. The number of anilines is 1. The monoisotopic (exact) mass is 254 g/mol. The SMILES string of the molecule is CCNc1ccc(S(=O)(=O)N2CCCC2)cc1. The van der Waals surface area contributed by atoms with Crippen molar-refractivity contribution < 1.29 is 8.42 Å². The van der Waals surface area contributed by atoms with E-state index in [0.717, 1.165) is 25.1 Å². The quantitative estimate of drug-likeness (QED) is 0.893. The summed E-state index contributed by atoms with van der Waals surface area (Å²) in [4.78, 5) is 0.390. The summed E-state index contributed by atoms with van der Waals surface area (Å²) < 4.78 is 26.0. The molecule has 17 heavy (non-hydrogen) atoms. The molecule has 0 saturated carbocycles. The summed E-state index contributed by atoms with van der Waals surface area (Å²) in [7, 11) is -3.26. The summed E-state index contributed by atoms with van der Waals surface area (Å²) in [5.41, 5.74) is 0.952. The summed E-state index contributed by atoms with van der Waals surface area (Å²) in [6.45, 7) is 4.14.